The fourth-order valence-electron chi connectivity index (χ4n) is 2.29. The molecule has 0 unspecified atom stereocenters. The maximum atomic E-state index is 5.65. The van der Waals surface area contributed by atoms with Gasteiger partial charge in [0.2, 0.25) is 0 Å². The third kappa shape index (κ3) is 3.16. The third-order valence-electron chi connectivity index (χ3n) is 3.25. The highest BCUT2D eigenvalue weighted by molar-refractivity contribution is 7.18. The summed E-state index contributed by atoms with van der Waals surface area (Å²) in [7, 11) is 0. The zero-order valence-electron chi connectivity index (χ0n) is 12.2. The van der Waals surface area contributed by atoms with E-state index in [0.717, 1.165) is 28.5 Å². The maximum Gasteiger partial charge on any atom is 0.124 e. The van der Waals surface area contributed by atoms with Gasteiger partial charge in [0.25, 0.3) is 0 Å². The lowest BCUT2D eigenvalue weighted by Gasteiger charge is -2.11. The first-order valence-electron chi connectivity index (χ1n) is 7.08. The minimum Gasteiger partial charge on any atom is -0.494 e. The number of hydrogen-bond donors (Lipinski definition) is 1. The summed E-state index contributed by atoms with van der Waals surface area (Å²) >= 11 is 1.72. The largest absolute Gasteiger partial charge is 0.494 e. The topological polar surface area (TPSA) is 34.1 Å². The average Bonchev–Trinajstić information content (AvgIpc) is 2.86. The van der Waals surface area contributed by atoms with Crippen molar-refractivity contribution < 1.29 is 4.74 Å². The van der Waals surface area contributed by atoms with Crippen LogP contribution in [-0.4, -0.2) is 11.6 Å². The Morgan fingerprint density at radius 3 is 2.90 bits per heavy atom. The predicted octanol–water partition coefficient (Wildman–Crippen LogP) is 4.62. The lowest BCUT2D eigenvalue weighted by atomic mass is 10.2. The van der Waals surface area contributed by atoms with Crippen LogP contribution in [0.1, 0.15) is 17.5 Å². The molecule has 0 saturated carbocycles. The third-order valence-corrected chi connectivity index (χ3v) is 4.18. The van der Waals surface area contributed by atoms with Crippen LogP contribution in [0.2, 0.25) is 0 Å². The molecule has 21 heavy (non-hydrogen) atoms. The van der Waals surface area contributed by atoms with Crippen molar-refractivity contribution in [3.63, 3.8) is 0 Å². The van der Waals surface area contributed by atoms with Gasteiger partial charge in [-0.25, -0.2) is 4.98 Å². The molecule has 3 rings (SSSR count). The molecule has 0 amide bonds. The molecular formula is C17H18N2OS. The molecule has 0 aliphatic heterocycles. The molecule has 0 aliphatic rings. The second-order valence-electron chi connectivity index (χ2n) is 4.81. The van der Waals surface area contributed by atoms with Gasteiger partial charge in [0.15, 0.2) is 0 Å². The summed E-state index contributed by atoms with van der Waals surface area (Å²) in [6, 6.07) is 14.4. The normalized spacial score (nSPS) is 10.8. The van der Waals surface area contributed by atoms with Crippen LogP contribution in [0.25, 0.3) is 10.2 Å². The fourth-order valence-corrected chi connectivity index (χ4v) is 3.16. The van der Waals surface area contributed by atoms with Crippen LogP contribution in [-0.2, 0) is 6.54 Å². The van der Waals surface area contributed by atoms with Gasteiger partial charge in [0.1, 0.15) is 5.75 Å². The molecular weight excluding hydrogens is 280 g/mol. The van der Waals surface area contributed by atoms with Crippen LogP contribution in [0.4, 0.5) is 5.69 Å². The van der Waals surface area contributed by atoms with Gasteiger partial charge in [0.05, 0.1) is 21.8 Å². The SMILES string of the molecule is CCOc1ccccc1CNc1ccc2nc(C)sc2c1. The van der Waals surface area contributed by atoms with Gasteiger partial charge in [0, 0.05) is 17.8 Å². The molecule has 0 bridgehead atoms. The first-order chi connectivity index (χ1) is 10.3. The molecule has 1 heterocycles. The van der Waals surface area contributed by atoms with Gasteiger partial charge in [-0.15, -0.1) is 11.3 Å². The molecule has 0 fully saturated rings. The number of hydrogen-bond acceptors (Lipinski definition) is 4. The summed E-state index contributed by atoms with van der Waals surface area (Å²) in [5.74, 6) is 0.946. The Morgan fingerprint density at radius 2 is 2.05 bits per heavy atom. The van der Waals surface area contributed by atoms with Gasteiger partial charge >= 0.3 is 0 Å². The van der Waals surface area contributed by atoms with Crippen molar-refractivity contribution in [1.82, 2.24) is 4.98 Å². The molecule has 1 N–H and O–H groups in total. The zero-order valence-corrected chi connectivity index (χ0v) is 13.0. The quantitative estimate of drug-likeness (QED) is 0.746. The summed E-state index contributed by atoms with van der Waals surface area (Å²) in [5, 5.41) is 4.56. The highest BCUT2D eigenvalue weighted by atomic mass is 32.1. The van der Waals surface area contributed by atoms with Crippen LogP contribution in [0, 0.1) is 6.92 Å². The van der Waals surface area contributed by atoms with E-state index in [0.29, 0.717) is 6.61 Å². The van der Waals surface area contributed by atoms with E-state index in [1.807, 2.05) is 32.0 Å². The maximum absolute atomic E-state index is 5.65. The smallest absolute Gasteiger partial charge is 0.124 e. The van der Waals surface area contributed by atoms with E-state index in [1.165, 1.54) is 10.3 Å². The van der Waals surface area contributed by atoms with Gasteiger partial charge in [-0.05, 0) is 38.1 Å². The molecule has 2 aromatic carbocycles. The minimum absolute atomic E-state index is 0.684. The number of ether oxygens (including phenoxy) is 1. The Kier molecular flexibility index (Phi) is 4.06. The van der Waals surface area contributed by atoms with Crippen LogP contribution in [0.15, 0.2) is 42.5 Å². The van der Waals surface area contributed by atoms with Crippen molar-refractivity contribution in [2.75, 3.05) is 11.9 Å². The standard InChI is InChI=1S/C17H18N2OS/c1-3-20-16-7-5-4-6-13(16)11-18-14-8-9-15-17(10-14)21-12(2)19-15/h4-10,18H,3,11H2,1-2H3. The number of thiazole rings is 1. The van der Waals surface area contributed by atoms with Gasteiger partial charge in [-0.3, -0.25) is 0 Å². The first-order valence-corrected chi connectivity index (χ1v) is 7.89. The summed E-state index contributed by atoms with van der Waals surface area (Å²) in [5.41, 5.74) is 3.34. The van der Waals surface area contributed by atoms with Crippen LogP contribution < -0.4 is 10.1 Å². The van der Waals surface area contributed by atoms with Crippen LogP contribution >= 0.6 is 11.3 Å². The summed E-state index contributed by atoms with van der Waals surface area (Å²) in [4.78, 5) is 4.48. The van der Waals surface area contributed by atoms with Crippen molar-refractivity contribution in [2.45, 2.75) is 20.4 Å². The van der Waals surface area contributed by atoms with Crippen molar-refractivity contribution in [1.29, 1.82) is 0 Å². The molecule has 0 aliphatic carbocycles. The predicted molar refractivity (Wildman–Crippen MR) is 89.3 cm³/mol. The second-order valence-corrected chi connectivity index (χ2v) is 6.04. The second kappa shape index (κ2) is 6.14. The Labute approximate surface area is 128 Å². The summed E-state index contributed by atoms with van der Waals surface area (Å²) in [6.07, 6.45) is 0. The molecule has 3 aromatic rings. The molecule has 0 radical (unpaired) electrons. The van der Waals surface area contributed by atoms with Crippen molar-refractivity contribution >= 4 is 27.2 Å². The average molecular weight is 298 g/mol. The Balaban J connectivity index is 1.76. The van der Waals surface area contributed by atoms with E-state index in [4.69, 9.17) is 4.74 Å². The number of anilines is 1. The van der Waals surface area contributed by atoms with E-state index in [9.17, 15) is 0 Å². The van der Waals surface area contributed by atoms with Gasteiger partial charge in [-0.1, -0.05) is 18.2 Å². The van der Waals surface area contributed by atoms with E-state index in [1.54, 1.807) is 11.3 Å². The Morgan fingerprint density at radius 1 is 1.19 bits per heavy atom. The number of rotatable bonds is 5. The monoisotopic (exact) mass is 298 g/mol. The first kappa shape index (κ1) is 13.9. The fraction of sp³-hybridized carbons (Fsp3) is 0.235. The molecule has 108 valence electrons. The molecule has 0 atom stereocenters. The lowest BCUT2D eigenvalue weighted by molar-refractivity contribution is 0.337. The van der Waals surface area contributed by atoms with E-state index in [-0.39, 0.29) is 0 Å². The van der Waals surface area contributed by atoms with Gasteiger partial charge < -0.3 is 10.1 Å². The number of aryl methyl sites for hydroxylation is 1. The molecule has 0 spiro atoms. The minimum atomic E-state index is 0.684. The van der Waals surface area contributed by atoms with Crippen molar-refractivity contribution in [2.24, 2.45) is 0 Å². The Hall–Kier alpha value is -2.07. The number of benzene rings is 2. The van der Waals surface area contributed by atoms with Crippen LogP contribution in [0.3, 0.4) is 0 Å². The Bertz CT molecular complexity index is 751. The molecule has 1 aromatic heterocycles. The molecule has 0 saturated heterocycles. The summed E-state index contributed by atoms with van der Waals surface area (Å²) < 4.78 is 6.87. The van der Waals surface area contributed by atoms with E-state index in [2.05, 4.69) is 34.6 Å². The lowest BCUT2D eigenvalue weighted by Crippen LogP contribution is -2.02. The molecule has 4 heteroatoms. The van der Waals surface area contributed by atoms with Crippen LogP contribution in [0.5, 0.6) is 5.75 Å². The van der Waals surface area contributed by atoms with E-state index >= 15 is 0 Å². The van der Waals surface area contributed by atoms with Gasteiger partial charge in [-0.2, -0.15) is 0 Å². The molecule has 3 nitrogen and oxygen atoms in total. The number of nitrogens with one attached hydrogen (secondary N) is 1. The van der Waals surface area contributed by atoms with E-state index < -0.39 is 0 Å². The number of para-hydroxylation sites is 1. The van der Waals surface area contributed by atoms with Crippen molar-refractivity contribution in [3.8, 4) is 5.75 Å². The number of aromatic nitrogens is 1. The highest BCUT2D eigenvalue weighted by Crippen LogP contribution is 2.26. The zero-order chi connectivity index (χ0) is 14.7. The number of fused-ring (bicyclic) bond motifs is 1. The van der Waals surface area contributed by atoms with Crippen molar-refractivity contribution in [3.05, 3.63) is 53.0 Å². The highest BCUT2D eigenvalue weighted by Gasteiger charge is 2.04. The summed E-state index contributed by atoms with van der Waals surface area (Å²) in [6.45, 7) is 5.48. The number of nitrogens with zero attached hydrogens (tertiary/aromatic N) is 1.